The molecule has 1 aliphatic heterocycles. The second kappa shape index (κ2) is 4.35. The smallest absolute Gasteiger partial charge is 0.267 e. The number of carbonyl (C=O) groups is 1. The molecule has 0 amide bonds. The summed E-state index contributed by atoms with van der Waals surface area (Å²) in [5.74, 6) is 1.15. The van der Waals surface area contributed by atoms with Crippen LogP contribution in [0.2, 0.25) is 0 Å². The van der Waals surface area contributed by atoms with Crippen LogP contribution in [0, 0.1) is 0 Å². The molecule has 0 spiro atoms. The van der Waals surface area contributed by atoms with E-state index < -0.39 is 11.5 Å². The molecule has 2 aromatic carbocycles. The summed E-state index contributed by atoms with van der Waals surface area (Å²) in [5.41, 5.74) is 1.32. The number of hydrogen-bond donors (Lipinski definition) is 0. The highest BCUT2D eigenvalue weighted by Gasteiger charge is 2.26. The maximum Gasteiger partial charge on any atom is 0.267 e. The molecule has 3 rings (SSSR count). The van der Waals surface area contributed by atoms with Crippen LogP contribution in [0.15, 0.2) is 48.5 Å². The zero-order valence-corrected chi connectivity index (χ0v) is 10.1. The second-order valence-electron chi connectivity index (χ2n) is 3.91. The number of rotatable bonds is 2. The number of ether oxygens (including phenoxy) is 2. The van der Waals surface area contributed by atoms with E-state index in [2.05, 4.69) is 0 Å². The molecule has 0 N–H and O–H groups in total. The molecule has 0 saturated carbocycles. The van der Waals surface area contributed by atoms with Gasteiger partial charge in [-0.1, -0.05) is 30.3 Å². The fourth-order valence-corrected chi connectivity index (χ4v) is 1.94. The Labute approximate surface area is 109 Å². The van der Waals surface area contributed by atoms with Crippen molar-refractivity contribution in [3.05, 3.63) is 59.7 Å². The highest BCUT2D eigenvalue weighted by molar-refractivity contribution is 6.67. The molecule has 18 heavy (non-hydrogen) atoms. The molecule has 3 nitrogen and oxygen atoms in total. The molecule has 0 aromatic heterocycles. The SMILES string of the molecule is O=C(Cl)c1ccc2c(c1)OC(c1ccccc1)O2. The van der Waals surface area contributed by atoms with Gasteiger partial charge in [0, 0.05) is 11.1 Å². The van der Waals surface area contributed by atoms with Gasteiger partial charge < -0.3 is 9.47 Å². The zero-order chi connectivity index (χ0) is 12.5. The Balaban J connectivity index is 1.90. The summed E-state index contributed by atoms with van der Waals surface area (Å²) >= 11 is 5.42. The third kappa shape index (κ3) is 1.93. The Hall–Kier alpha value is -2.00. The van der Waals surface area contributed by atoms with E-state index in [9.17, 15) is 4.79 Å². The molecule has 1 aliphatic rings. The minimum absolute atomic E-state index is 0.396. The molecular weight excluding hydrogens is 252 g/mol. The van der Waals surface area contributed by atoms with Gasteiger partial charge in [0.1, 0.15) is 0 Å². The van der Waals surface area contributed by atoms with E-state index >= 15 is 0 Å². The number of halogens is 1. The van der Waals surface area contributed by atoms with E-state index in [0.29, 0.717) is 17.1 Å². The van der Waals surface area contributed by atoms with Crippen molar-refractivity contribution in [3.8, 4) is 11.5 Å². The molecule has 0 fully saturated rings. The summed E-state index contributed by atoms with van der Waals surface area (Å²) in [4.78, 5) is 11.1. The summed E-state index contributed by atoms with van der Waals surface area (Å²) in [6, 6.07) is 14.5. The Kier molecular flexibility index (Phi) is 2.68. The highest BCUT2D eigenvalue weighted by Crippen LogP contribution is 2.40. The van der Waals surface area contributed by atoms with Gasteiger partial charge in [0.05, 0.1) is 0 Å². The summed E-state index contributed by atoms with van der Waals surface area (Å²) < 4.78 is 11.3. The lowest BCUT2D eigenvalue weighted by atomic mass is 10.2. The molecule has 4 heteroatoms. The van der Waals surface area contributed by atoms with Crippen molar-refractivity contribution in [3.63, 3.8) is 0 Å². The summed E-state index contributed by atoms with van der Waals surface area (Å²) in [6.45, 7) is 0. The van der Waals surface area contributed by atoms with E-state index in [1.54, 1.807) is 18.2 Å². The second-order valence-corrected chi connectivity index (χ2v) is 4.26. The quantitative estimate of drug-likeness (QED) is 0.775. The number of benzene rings is 2. The van der Waals surface area contributed by atoms with E-state index in [1.165, 1.54) is 0 Å². The standard InChI is InChI=1S/C14H9ClO3/c15-13(16)10-6-7-11-12(8-10)18-14(17-11)9-4-2-1-3-5-9/h1-8,14H. The van der Waals surface area contributed by atoms with Gasteiger partial charge in [0.15, 0.2) is 11.5 Å². The topological polar surface area (TPSA) is 35.5 Å². The fraction of sp³-hybridized carbons (Fsp3) is 0.0714. The van der Waals surface area contributed by atoms with E-state index in [4.69, 9.17) is 21.1 Å². The lowest BCUT2D eigenvalue weighted by Gasteiger charge is -2.09. The number of carbonyl (C=O) groups excluding carboxylic acids is 1. The maximum atomic E-state index is 11.1. The predicted molar refractivity (Wildman–Crippen MR) is 67.1 cm³/mol. The normalized spacial score (nSPS) is 16.6. The largest absolute Gasteiger partial charge is 0.447 e. The summed E-state index contributed by atoms with van der Waals surface area (Å²) in [5, 5.41) is -0.510. The Morgan fingerprint density at radius 2 is 1.72 bits per heavy atom. The van der Waals surface area contributed by atoms with Crippen molar-refractivity contribution in [2.24, 2.45) is 0 Å². The van der Waals surface area contributed by atoms with Gasteiger partial charge in [-0.05, 0) is 29.8 Å². The molecule has 0 aliphatic carbocycles. The van der Waals surface area contributed by atoms with Gasteiger partial charge in [0.25, 0.3) is 11.5 Å². The van der Waals surface area contributed by atoms with Crippen molar-refractivity contribution >= 4 is 16.8 Å². The van der Waals surface area contributed by atoms with Crippen LogP contribution in [0.1, 0.15) is 22.2 Å². The highest BCUT2D eigenvalue weighted by atomic mass is 35.5. The van der Waals surface area contributed by atoms with Crippen LogP contribution in [-0.4, -0.2) is 5.24 Å². The molecule has 90 valence electrons. The first-order valence-corrected chi connectivity index (χ1v) is 5.84. The Morgan fingerprint density at radius 3 is 2.44 bits per heavy atom. The first kappa shape index (κ1) is 11.1. The molecule has 0 radical (unpaired) electrons. The molecule has 2 aromatic rings. The molecule has 1 unspecified atom stereocenters. The third-order valence-electron chi connectivity index (χ3n) is 2.71. The lowest BCUT2D eigenvalue weighted by Crippen LogP contribution is -2.07. The predicted octanol–water partition coefficient (Wildman–Crippen LogP) is 3.54. The molecule has 0 bridgehead atoms. The monoisotopic (exact) mass is 260 g/mol. The molecule has 1 heterocycles. The van der Waals surface area contributed by atoms with Crippen molar-refractivity contribution in [1.29, 1.82) is 0 Å². The zero-order valence-electron chi connectivity index (χ0n) is 9.30. The average Bonchev–Trinajstić information content (AvgIpc) is 2.82. The number of fused-ring (bicyclic) bond motifs is 1. The van der Waals surface area contributed by atoms with Gasteiger partial charge in [-0.25, -0.2) is 0 Å². The van der Waals surface area contributed by atoms with Crippen LogP contribution in [-0.2, 0) is 0 Å². The van der Waals surface area contributed by atoms with E-state index in [1.807, 2.05) is 30.3 Å². The molecule has 1 atom stereocenters. The molecule has 0 saturated heterocycles. The van der Waals surface area contributed by atoms with Crippen molar-refractivity contribution < 1.29 is 14.3 Å². The van der Waals surface area contributed by atoms with Gasteiger partial charge >= 0.3 is 0 Å². The Morgan fingerprint density at radius 1 is 1.00 bits per heavy atom. The van der Waals surface area contributed by atoms with Gasteiger partial charge in [-0.15, -0.1) is 0 Å². The Bertz CT molecular complexity index is 595. The fourth-order valence-electron chi connectivity index (χ4n) is 1.82. The number of hydrogen-bond acceptors (Lipinski definition) is 3. The van der Waals surface area contributed by atoms with Gasteiger partial charge in [0.2, 0.25) is 0 Å². The summed E-state index contributed by atoms with van der Waals surface area (Å²) in [6.07, 6.45) is -0.470. The van der Waals surface area contributed by atoms with Gasteiger partial charge in [-0.3, -0.25) is 4.79 Å². The minimum Gasteiger partial charge on any atom is -0.447 e. The van der Waals surface area contributed by atoms with Crippen LogP contribution in [0.3, 0.4) is 0 Å². The first-order valence-electron chi connectivity index (χ1n) is 5.46. The van der Waals surface area contributed by atoms with Crippen LogP contribution < -0.4 is 9.47 Å². The van der Waals surface area contributed by atoms with Crippen molar-refractivity contribution in [1.82, 2.24) is 0 Å². The van der Waals surface area contributed by atoms with Crippen molar-refractivity contribution in [2.75, 3.05) is 0 Å². The third-order valence-corrected chi connectivity index (χ3v) is 2.93. The first-order chi connectivity index (χ1) is 8.74. The minimum atomic E-state index is -0.510. The van der Waals surface area contributed by atoms with Gasteiger partial charge in [-0.2, -0.15) is 0 Å². The lowest BCUT2D eigenvalue weighted by molar-refractivity contribution is 0.0487. The summed E-state index contributed by atoms with van der Waals surface area (Å²) in [7, 11) is 0. The van der Waals surface area contributed by atoms with E-state index in [0.717, 1.165) is 5.56 Å². The maximum absolute atomic E-state index is 11.1. The average molecular weight is 261 g/mol. The van der Waals surface area contributed by atoms with Crippen LogP contribution in [0.5, 0.6) is 11.5 Å². The van der Waals surface area contributed by atoms with Crippen LogP contribution >= 0.6 is 11.6 Å². The van der Waals surface area contributed by atoms with Crippen LogP contribution in [0.4, 0.5) is 0 Å². The van der Waals surface area contributed by atoms with Crippen molar-refractivity contribution in [2.45, 2.75) is 6.29 Å². The van der Waals surface area contributed by atoms with Crippen LogP contribution in [0.25, 0.3) is 0 Å². The van der Waals surface area contributed by atoms with E-state index in [-0.39, 0.29) is 0 Å². The molecular formula is C14H9ClO3.